The third-order valence-electron chi connectivity index (χ3n) is 5.10. The van der Waals surface area contributed by atoms with Gasteiger partial charge in [0.1, 0.15) is 0 Å². The molecule has 0 spiro atoms. The third kappa shape index (κ3) is 4.69. The second-order valence-corrected chi connectivity index (χ2v) is 7.20. The lowest BCUT2D eigenvalue weighted by Gasteiger charge is -2.03. The summed E-state index contributed by atoms with van der Waals surface area (Å²) in [4.78, 5) is 4.57. The third-order valence-corrected chi connectivity index (χ3v) is 5.10. The summed E-state index contributed by atoms with van der Waals surface area (Å²) in [7, 11) is 0. The monoisotopic (exact) mass is 436 g/mol. The van der Waals surface area contributed by atoms with Gasteiger partial charge in [0.05, 0.1) is 6.20 Å². The van der Waals surface area contributed by atoms with Crippen LogP contribution in [0, 0.1) is 0 Å². The molecule has 2 aromatic heterocycles. The predicted molar refractivity (Wildman–Crippen MR) is 124 cm³/mol. The van der Waals surface area contributed by atoms with E-state index in [4.69, 9.17) is 4.42 Å². The standard InChI is InChI=1S/C28H21N2O.ClH/c1-4-10-23(11-5-1)24-16-14-22(15-17-24)20-26(30-18-8-3-9-19-30)28-29-21-27(31-28)25-12-6-2-7-13-25;/h1-21H;1H/q+1;/p-1/b26-20-;. The number of rotatable bonds is 5. The first-order valence-corrected chi connectivity index (χ1v) is 10.2. The van der Waals surface area contributed by atoms with E-state index in [9.17, 15) is 0 Å². The average Bonchev–Trinajstić information content (AvgIpc) is 3.35. The zero-order valence-electron chi connectivity index (χ0n) is 17.3. The fourth-order valence-corrected chi connectivity index (χ4v) is 3.49. The van der Waals surface area contributed by atoms with Gasteiger partial charge in [0.25, 0.3) is 11.6 Å². The highest BCUT2D eigenvalue weighted by atomic mass is 35.5. The lowest BCUT2D eigenvalue weighted by atomic mass is 10.0. The van der Waals surface area contributed by atoms with Crippen molar-refractivity contribution in [2.24, 2.45) is 0 Å². The molecule has 0 aliphatic carbocycles. The van der Waals surface area contributed by atoms with Crippen molar-refractivity contribution < 1.29 is 21.4 Å². The first-order valence-electron chi connectivity index (χ1n) is 10.2. The lowest BCUT2D eigenvalue weighted by Crippen LogP contribution is -3.00. The van der Waals surface area contributed by atoms with E-state index < -0.39 is 0 Å². The Hall–Kier alpha value is -3.95. The quantitative estimate of drug-likeness (QED) is 0.395. The summed E-state index contributed by atoms with van der Waals surface area (Å²) in [6.07, 6.45) is 7.86. The van der Waals surface area contributed by atoms with Crippen molar-refractivity contribution in [3.63, 3.8) is 0 Å². The summed E-state index contributed by atoms with van der Waals surface area (Å²) in [5.74, 6) is 1.32. The average molecular weight is 437 g/mol. The maximum atomic E-state index is 6.15. The van der Waals surface area contributed by atoms with Gasteiger partial charge in [-0.15, -0.1) is 0 Å². The zero-order chi connectivity index (χ0) is 20.9. The highest BCUT2D eigenvalue weighted by Crippen LogP contribution is 2.25. The van der Waals surface area contributed by atoms with E-state index >= 15 is 0 Å². The molecule has 0 radical (unpaired) electrons. The molecule has 0 atom stereocenters. The Bertz CT molecular complexity index is 1300. The minimum absolute atomic E-state index is 0. The van der Waals surface area contributed by atoms with E-state index in [0.717, 1.165) is 22.6 Å². The van der Waals surface area contributed by atoms with Crippen molar-refractivity contribution >= 4 is 11.8 Å². The zero-order valence-corrected chi connectivity index (χ0v) is 18.1. The summed E-state index contributed by atoms with van der Waals surface area (Å²) in [5.41, 5.74) is 5.34. The van der Waals surface area contributed by atoms with Crippen molar-refractivity contribution in [3.05, 3.63) is 133 Å². The molecule has 0 fully saturated rings. The first-order chi connectivity index (χ1) is 15.4. The second-order valence-electron chi connectivity index (χ2n) is 7.20. The van der Waals surface area contributed by atoms with Gasteiger partial charge < -0.3 is 16.8 Å². The number of nitrogens with zero attached hydrogens (tertiary/aromatic N) is 2. The van der Waals surface area contributed by atoms with Crippen molar-refractivity contribution in [3.8, 4) is 22.5 Å². The molecule has 156 valence electrons. The predicted octanol–water partition coefficient (Wildman–Crippen LogP) is 3.35. The number of hydrogen-bond donors (Lipinski definition) is 0. The van der Waals surface area contributed by atoms with Crippen LogP contribution in [0.15, 0.2) is 126 Å². The Kier molecular flexibility index (Phi) is 6.59. The van der Waals surface area contributed by atoms with Crippen molar-refractivity contribution in [2.75, 3.05) is 0 Å². The second kappa shape index (κ2) is 9.90. The number of pyridine rings is 1. The fourth-order valence-electron chi connectivity index (χ4n) is 3.49. The SMILES string of the molecule is C(=C(\c1ncc(-c2ccccc2)o1)[n+]1ccccc1)/c1ccc(-c2ccccc2)cc1.[Cl-]. The van der Waals surface area contributed by atoms with E-state index in [2.05, 4.69) is 59.6 Å². The van der Waals surface area contributed by atoms with Crippen LogP contribution in [-0.2, 0) is 0 Å². The van der Waals surface area contributed by atoms with Crippen LogP contribution in [0.4, 0.5) is 0 Å². The highest BCUT2D eigenvalue weighted by Gasteiger charge is 2.20. The Morgan fingerprint density at radius 2 is 1.22 bits per heavy atom. The topological polar surface area (TPSA) is 29.9 Å². The van der Waals surface area contributed by atoms with Gasteiger partial charge in [-0.25, -0.2) is 4.98 Å². The maximum absolute atomic E-state index is 6.15. The summed E-state index contributed by atoms with van der Waals surface area (Å²) in [5, 5.41) is 0. The minimum Gasteiger partial charge on any atom is -1.00 e. The molecule has 2 heterocycles. The van der Waals surface area contributed by atoms with Gasteiger partial charge >= 0.3 is 0 Å². The van der Waals surface area contributed by atoms with Crippen LogP contribution in [-0.4, -0.2) is 4.98 Å². The van der Waals surface area contributed by atoms with Crippen molar-refractivity contribution in [1.82, 2.24) is 4.98 Å². The molecule has 4 heteroatoms. The molecule has 0 unspecified atom stereocenters. The largest absolute Gasteiger partial charge is 1.00 e. The van der Waals surface area contributed by atoms with Crippen LogP contribution >= 0.6 is 0 Å². The molecule has 3 nitrogen and oxygen atoms in total. The van der Waals surface area contributed by atoms with Gasteiger partial charge in [-0.3, -0.25) is 0 Å². The van der Waals surface area contributed by atoms with Crippen molar-refractivity contribution in [2.45, 2.75) is 0 Å². The molecule has 0 saturated carbocycles. The molecule has 0 amide bonds. The van der Waals surface area contributed by atoms with E-state index in [-0.39, 0.29) is 12.4 Å². The molecule has 5 rings (SSSR count). The number of aromatic nitrogens is 2. The molecular formula is C28H21ClN2O. The number of benzene rings is 3. The highest BCUT2D eigenvalue weighted by molar-refractivity contribution is 5.75. The van der Waals surface area contributed by atoms with Gasteiger partial charge in [-0.05, 0) is 16.7 Å². The van der Waals surface area contributed by atoms with E-state index in [0.29, 0.717) is 5.89 Å². The summed E-state index contributed by atoms with van der Waals surface area (Å²) >= 11 is 0. The summed E-state index contributed by atoms with van der Waals surface area (Å²) in [6.45, 7) is 0. The van der Waals surface area contributed by atoms with E-state index in [1.165, 1.54) is 11.1 Å². The van der Waals surface area contributed by atoms with Crippen LogP contribution in [0.2, 0.25) is 0 Å². The Balaban J connectivity index is 0.00000245. The number of oxazole rings is 1. The molecule has 0 N–H and O–H groups in total. The Labute approximate surface area is 193 Å². The lowest BCUT2D eigenvalue weighted by molar-refractivity contribution is -0.579. The van der Waals surface area contributed by atoms with Crippen LogP contribution < -0.4 is 17.0 Å². The maximum Gasteiger partial charge on any atom is 0.294 e. The van der Waals surface area contributed by atoms with E-state index in [1.807, 2.05) is 71.6 Å². The normalized spacial score (nSPS) is 11.1. The van der Waals surface area contributed by atoms with Crippen LogP contribution in [0.3, 0.4) is 0 Å². The van der Waals surface area contributed by atoms with Crippen LogP contribution in [0.5, 0.6) is 0 Å². The van der Waals surface area contributed by atoms with Gasteiger partial charge in [-0.2, -0.15) is 4.57 Å². The number of hydrogen-bond acceptors (Lipinski definition) is 2. The van der Waals surface area contributed by atoms with Gasteiger partial charge in [0.15, 0.2) is 18.2 Å². The molecule has 0 bridgehead atoms. The Morgan fingerprint density at radius 3 is 1.88 bits per heavy atom. The smallest absolute Gasteiger partial charge is 0.294 e. The molecule has 0 aliphatic rings. The molecule has 0 saturated heterocycles. The van der Waals surface area contributed by atoms with Gasteiger partial charge in [0.2, 0.25) is 0 Å². The molecule has 32 heavy (non-hydrogen) atoms. The molecule has 0 aliphatic heterocycles. The first kappa shape index (κ1) is 21.3. The van der Waals surface area contributed by atoms with Gasteiger partial charge in [-0.1, -0.05) is 91.0 Å². The molecule has 3 aromatic carbocycles. The van der Waals surface area contributed by atoms with Gasteiger partial charge in [0, 0.05) is 23.8 Å². The number of halogens is 1. The summed E-state index contributed by atoms with van der Waals surface area (Å²) < 4.78 is 8.17. The van der Waals surface area contributed by atoms with E-state index in [1.54, 1.807) is 6.20 Å². The van der Waals surface area contributed by atoms with Crippen LogP contribution in [0.1, 0.15) is 11.5 Å². The molecule has 5 aromatic rings. The van der Waals surface area contributed by atoms with Crippen molar-refractivity contribution in [1.29, 1.82) is 0 Å². The minimum atomic E-state index is 0. The fraction of sp³-hybridized carbons (Fsp3) is 0. The van der Waals surface area contributed by atoms with Crippen LogP contribution in [0.25, 0.3) is 34.2 Å². The molecular weight excluding hydrogens is 416 g/mol. The Morgan fingerprint density at radius 1 is 0.656 bits per heavy atom. The summed E-state index contributed by atoms with van der Waals surface area (Å²) in [6, 6.07) is 34.9.